The molecule has 0 spiro atoms. The highest BCUT2D eigenvalue weighted by molar-refractivity contribution is 7.20. The van der Waals surface area contributed by atoms with Gasteiger partial charge in [-0.3, -0.25) is 4.79 Å². The van der Waals surface area contributed by atoms with Crippen LogP contribution >= 0.6 is 22.7 Å². The molecule has 3 aromatic rings. The van der Waals surface area contributed by atoms with Gasteiger partial charge in [-0.15, -0.1) is 22.7 Å². The molecule has 0 aliphatic rings. The first-order chi connectivity index (χ1) is 11.1. The fraction of sp³-hybridized carbons (Fsp3) is 0.176. The molecule has 6 heteroatoms. The number of benzene rings is 1. The second kappa shape index (κ2) is 6.93. The predicted molar refractivity (Wildman–Crippen MR) is 97.4 cm³/mol. The lowest BCUT2D eigenvalue weighted by molar-refractivity contribution is 0.0946. The van der Waals surface area contributed by atoms with Crippen molar-refractivity contribution in [3.8, 4) is 9.88 Å². The summed E-state index contributed by atoms with van der Waals surface area (Å²) < 4.78 is 0. The van der Waals surface area contributed by atoms with Crippen LogP contribution < -0.4 is 10.2 Å². The fourth-order valence-electron chi connectivity index (χ4n) is 2.08. The Bertz CT molecular complexity index is 777. The van der Waals surface area contributed by atoms with Crippen molar-refractivity contribution in [2.24, 2.45) is 0 Å². The monoisotopic (exact) mass is 343 g/mol. The fourth-order valence-corrected chi connectivity index (χ4v) is 3.69. The zero-order chi connectivity index (χ0) is 16.2. The first-order valence-electron chi connectivity index (χ1n) is 7.17. The maximum atomic E-state index is 12.2. The van der Waals surface area contributed by atoms with Crippen molar-refractivity contribution >= 4 is 34.3 Å². The number of anilines is 1. The van der Waals surface area contributed by atoms with Crippen molar-refractivity contribution in [1.29, 1.82) is 0 Å². The molecule has 4 nitrogen and oxygen atoms in total. The van der Waals surface area contributed by atoms with Crippen molar-refractivity contribution in [2.45, 2.75) is 6.54 Å². The molecule has 1 N–H and O–H groups in total. The van der Waals surface area contributed by atoms with E-state index >= 15 is 0 Å². The Morgan fingerprint density at radius 3 is 2.61 bits per heavy atom. The summed E-state index contributed by atoms with van der Waals surface area (Å²) in [4.78, 5) is 19.8. The SMILES string of the molecule is CN(C)c1ccc(CNC(=O)c2csc(-c3cccs3)n2)cc1. The van der Waals surface area contributed by atoms with E-state index in [1.807, 2.05) is 60.8 Å². The van der Waals surface area contributed by atoms with E-state index in [1.54, 1.807) is 16.7 Å². The third kappa shape index (κ3) is 3.78. The molecule has 2 aromatic heterocycles. The number of aromatic nitrogens is 1. The van der Waals surface area contributed by atoms with E-state index in [0.29, 0.717) is 12.2 Å². The third-order valence-electron chi connectivity index (χ3n) is 3.37. The Labute approximate surface area is 143 Å². The van der Waals surface area contributed by atoms with Gasteiger partial charge in [-0.25, -0.2) is 4.98 Å². The minimum atomic E-state index is -0.138. The standard InChI is InChI=1S/C17H17N3OS2/c1-20(2)13-7-5-12(6-8-13)10-18-16(21)14-11-23-17(19-14)15-4-3-9-22-15/h3-9,11H,10H2,1-2H3,(H,18,21). The van der Waals surface area contributed by atoms with Crippen molar-refractivity contribution in [1.82, 2.24) is 10.3 Å². The smallest absolute Gasteiger partial charge is 0.271 e. The third-order valence-corrected chi connectivity index (χ3v) is 5.26. The van der Waals surface area contributed by atoms with Gasteiger partial charge in [0.25, 0.3) is 5.91 Å². The summed E-state index contributed by atoms with van der Waals surface area (Å²) in [6, 6.07) is 12.1. The van der Waals surface area contributed by atoms with Crippen molar-refractivity contribution < 1.29 is 4.79 Å². The van der Waals surface area contributed by atoms with Gasteiger partial charge in [0.2, 0.25) is 0 Å². The number of carbonyl (C=O) groups excluding carboxylic acids is 1. The molecule has 23 heavy (non-hydrogen) atoms. The van der Waals surface area contributed by atoms with Gasteiger partial charge in [-0.2, -0.15) is 0 Å². The van der Waals surface area contributed by atoms with Gasteiger partial charge < -0.3 is 10.2 Å². The van der Waals surface area contributed by atoms with Gasteiger partial charge in [-0.1, -0.05) is 18.2 Å². The maximum Gasteiger partial charge on any atom is 0.271 e. The first kappa shape index (κ1) is 15.7. The highest BCUT2D eigenvalue weighted by Gasteiger charge is 2.12. The minimum absolute atomic E-state index is 0.138. The molecule has 0 aliphatic carbocycles. The molecule has 0 saturated heterocycles. The van der Waals surface area contributed by atoms with E-state index in [9.17, 15) is 4.79 Å². The predicted octanol–water partition coefficient (Wildman–Crippen LogP) is 3.87. The van der Waals surface area contributed by atoms with Crippen LogP contribution in [0.4, 0.5) is 5.69 Å². The number of thiophene rings is 1. The van der Waals surface area contributed by atoms with Crippen LogP contribution in [0, 0.1) is 0 Å². The summed E-state index contributed by atoms with van der Waals surface area (Å²) in [6.07, 6.45) is 0. The Morgan fingerprint density at radius 1 is 1.17 bits per heavy atom. The summed E-state index contributed by atoms with van der Waals surface area (Å²) in [5.74, 6) is -0.138. The van der Waals surface area contributed by atoms with Gasteiger partial charge in [0, 0.05) is 31.7 Å². The molecule has 0 aliphatic heterocycles. The zero-order valence-corrected chi connectivity index (χ0v) is 14.6. The van der Waals surface area contributed by atoms with Crippen LogP contribution in [0.15, 0.2) is 47.2 Å². The largest absolute Gasteiger partial charge is 0.378 e. The Balaban J connectivity index is 1.61. The van der Waals surface area contributed by atoms with Gasteiger partial charge in [0.05, 0.1) is 4.88 Å². The van der Waals surface area contributed by atoms with Gasteiger partial charge >= 0.3 is 0 Å². The lowest BCUT2D eigenvalue weighted by Gasteiger charge is -2.12. The lowest BCUT2D eigenvalue weighted by Crippen LogP contribution is -2.23. The van der Waals surface area contributed by atoms with Crippen molar-refractivity contribution in [3.05, 3.63) is 58.4 Å². The molecule has 0 fully saturated rings. The van der Waals surface area contributed by atoms with Crippen LogP contribution in [0.5, 0.6) is 0 Å². The van der Waals surface area contributed by atoms with Crippen molar-refractivity contribution in [3.63, 3.8) is 0 Å². The number of hydrogen-bond acceptors (Lipinski definition) is 5. The van der Waals surface area contributed by atoms with E-state index in [-0.39, 0.29) is 5.91 Å². The number of rotatable bonds is 5. The van der Waals surface area contributed by atoms with Gasteiger partial charge in [0.1, 0.15) is 10.7 Å². The summed E-state index contributed by atoms with van der Waals surface area (Å²) in [7, 11) is 4.01. The topological polar surface area (TPSA) is 45.2 Å². The van der Waals surface area contributed by atoms with E-state index in [0.717, 1.165) is 21.1 Å². The molecule has 1 aromatic carbocycles. The number of nitrogens with one attached hydrogen (secondary N) is 1. The van der Waals surface area contributed by atoms with E-state index in [4.69, 9.17) is 0 Å². The molecule has 0 atom stereocenters. The molecule has 2 heterocycles. The first-order valence-corrected chi connectivity index (χ1v) is 8.93. The quantitative estimate of drug-likeness (QED) is 0.765. The van der Waals surface area contributed by atoms with E-state index in [2.05, 4.69) is 10.3 Å². The zero-order valence-electron chi connectivity index (χ0n) is 12.9. The highest BCUT2D eigenvalue weighted by atomic mass is 32.1. The van der Waals surface area contributed by atoms with Gasteiger partial charge in [0.15, 0.2) is 0 Å². The van der Waals surface area contributed by atoms with Crippen LogP contribution in [-0.4, -0.2) is 25.0 Å². The normalized spacial score (nSPS) is 10.5. The molecule has 0 bridgehead atoms. The summed E-state index contributed by atoms with van der Waals surface area (Å²) in [5, 5.41) is 7.62. The van der Waals surface area contributed by atoms with Crippen LogP contribution in [0.1, 0.15) is 16.1 Å². The van der Waals surface area contributed by atoms with Crippen LogP contribution in [0.2, 0.25) is 0 Å². The molecule has 118 valence electrons. The van der Waals surface area contributed by atoms with Crippen LogP contribution in [0.3, 0.4) is 0 Å². The second-order valence-corrected chi connectivity index (χ2v) is 7.06. The minimum Gasteiger partial charge on any atom is -0.378 e. The second-order valence-electron chi connectivity index (χ2n) is 5.26. The van der Waals surface area contributed by atoms with E-state index < -0.39 is 0 Å². The number of carbonyl (C=O) groups is 1. The number of hydrogen-bond donors (Lipinski definition) is 1. The average molecular weight is 343 g/mol. The molecular weight excluding hydrogens is 326 g/mol. The Kier molecular flexibility index (Phi) is 4.73. The molecule has 1 amide bonds. The Hall–Kier alpha value is -2.18. The maximum absolute atomic E-state index is 12.2. The van der Waals surface area contributed by atoms with Gasteiger partial charge in [-0.05, 0) is 29.1 Å². The molecule has 0 radical (unpaired) electrons. The summed E-state index contributed by atoms with van der Waals surface area (Å²) in [5.41, 5.74) is 2.68. The summed E-state index contributed by atoms with van der Waals surface area (Å²) in [6.45, 7) is 0.498. The van der Waals surface area contributed by atoms with Crippen LogP contribution in [0.25, 0.3) is 9.88 Å². The van der Waals surface area contributed by atoms with E-state index in [1.165, 1.54) is 11.3 Å². The number of thiazole rings is 1. The number of amides is 1. The lowest BCUT2D eigenvalue weighted by atomic mass is 10.2. The van der Waals surface area contributed by atoms with Crippen molar-refractivity contribution in [2.75, 3.05) is 19.0 Å². The Morgan fingerprint density at radius 2 is 1.96 bits per heavy atom. The molecular formula is C17H17N3OS2. The van der Waals surface area contributed by atoms with Crippen LogP contribution in [-0.2, 0) is 6.54 Å². The molecule has 0 saturated carbocycles. The number of nitrogens with zero attached hydrogens (tertiary/aromatic N) is 2. The average Bonchev–Trinajstić information content (AvgIpc) is 3.23. The summed E-state index contributed by atoms with van der Waals surface area (Å²) >= 11 is 3.12. The highest BCUT2D eigenvalue weighted by Crippen LogP contribution is 2.27. The molecule has 3 rings (SSSR count). The molecule has 0 unspecified atom stereocenters.